The molecule has 0 aromatic heterocycles. The Balaban J connectivity index is 1.57. The molecule has 2 unspecified atom stereocenters. The van der Waals surface area contributed by atoms with Crippen molar-refractivity contribution < 1.29 is 14.6 Å². The molecule has 0 radical (unpaired) electrons. The first-order valence-electron chi connectivity index (χ1n) is 8.28. The number of hydrogen-bond acceptors (Lipinski definition) is 3. The summed E-state index contributed by atoms with van der Waals surface area (Å²) in [6.45, 7) is 5.64. The van der Waals surface area contributed by atoms with Gasteiger partial charge in [0.1, 0.15) is 5.75 Å². The summed E-state index contributed by atoms with van der Waals surface area (Å²) in [5.74, 6) is 0.575. The van der Waals surface area contributed by atoms with Crippen molar-refractivity contribution in [2.75, 3.05) is 26.2 Å². The number of nitrogens with zero attached hydrogens (tertiary/aromatic N) is 1. The average Bonchev–Trinajstić information content (AvgIpc) is 2.51. The van der Waals surface area contributed by atoms with Crippen LogP contribution in [0.1, 0.15) is 32.6 Å². The molecule has 0 bridgehead atoms. The first-order chi connectivity index (χ1) is 10.6. The van der Waals surface area contributed by atoms with Gasteiger partial charge in [-0.25, -0.2) is 0 Å². The molecule has 22 heavy (non-hydrogen) atoms. The third-order valence-electron chi connectivity index (χ3n) is 4.22. The Labute approximate surface area is 133 Å². The van der Waals surface area contributed by atoms with E-state index in [1.165, 1.54) is 0 Å². The fourth-order valence-electron chi connectivity index (χ4n) is 3.14. The number of aliphatic carboxylic acids is 1. The van der Waals surface area contributed by atoms with Gasteiger partial charge in [-0.2, -0.15) is 0 Å². The van der Waals surface area contributed by atoms with Crippen LogP contribution in [-0.4, -0.2) is 42.2 Å². The Morgan fingerprint density at radius 2 is 2.00 bits per heavy atom. The molecule has 2 rings (SSSR count). The summed E-state index contributed by atoms with van der Waals surface area (Å²) in [6, 6.07) is 9.89. The zero-order valence-corrected chi connectivity index (χ0v) is 13.4. The van der Waals surface area contributed by atoms with Crippen molar-refractivity contribution >= 4 is 5.97 Å². The van der Waals surface area contributed by atoms with E-state index in [1.807, 2.05) is 30.3 Å². The van der Waals surface area contributed by atoms with Gasteiger partial charge in [-0.3, -0.25) is 4.79 Å². The largest absolute Gasteiger partial charge is 0.494 e. The van der Waals surface area contributed by atoms with Gasteiger partial charge in [-0.05, 0) is 50.3 Å². The van der Waals surface area contributed by atoms with Gasteiger partial charge < -0.3 is 14.7 Å². The highest BCUT2D eigenvalue weighted by Crippen LogP contribution is 2.22. The van der Waals surface area contributed by atoms with E-state index in [0.717, 1.165) is 51.1 Å². The number of carboxylic acid groups (broad SMARTS) is 1. The Morgan fingerprint density at radius 1 is 1.23 bits per heavy atom. The standard InChI is InChI=1S/C18H27NO3/c1-15-12-16(18(20)21)14-19(13-15)10-6-3-7-11-22-17-8-4-2-5-9-17/h2,4-5,8-9,15-16H,3,6-7,10-14H2,1H3,(H,20,21). The summed E-state index contributed by atoms with van der Waals surface area (Å²) < 4.78 is 5.67. The van der Waals surface area contributed by atoms with Gasteiger partial charge in [0.05, 0.1) is 12.5 Å². The smallest absolute Gasteiger partial charge is 0.307 e. The second kappa shape index (κ2) is 8.79. The molecular weight excluding hydrogens is 278 g/mol. The van der Waals surface area contributed by atoms with E-state index in [0.29, 0.717) is 12.5 Å². The Bertz CT molecular complexity index is 449. The zero-order valence-electron chi connectivity index (χ0n) is 13.4. The number of rotatable bonds is 8. The quantitative estimate of drug-likeness (QED) is 0.749. The predicted octanol–water partition coefficient (Wildman–Crippen LogP) is 3.28. The van der Waals surface area contributed by atoms with Crippen molar-refractivity contribution in [3.63, 3.8) is 0 Å². The maximum atomic E-state index is 11.2. The molecule has 1 aliphatic heterocycles. The number of ether oxygens (including phenoxy) is 1. The van der Waals surface area contributed by atoms with Crippen LogP contribution in [0.25, 0.3) is 0 Å². The van der Waals surface area contributed by atoms with Crippen molar-refractivity contribution in [1.82, 2.24) is 4.90 Å². The lowest BCUT2D eigenvalue weighted by Gasteiger charge is -2.34. The van der Waals surface area contributed by atoms with E-state index in [-0.39, 0.29) is 5.92 Å². The molecule has 4 heteroatoms. The molecule has 1 saturated heterocycles. The molecule has 1 aromatic carbocycles. The predicted molar refractivity (Wildman–Crippen MR) is 87.1 cm³/mol. The van der Waals surface area contributed by atoms with Crippen LogP contribution in [-0.2, 0) is 4.79 Å². The monoisotopic (exact) mass is 305 g/mol. The van der Waals surface area contributed by atoms with E-state index in [9.17, 15) is 9.90 Å². The molecule has 122 valence electrons. The van der Waals surface area contributed by atoms with Gasteiger partial charge in [0.2, 0.25) is 0 Å². The number of carboxylic acids is 1. The minimum atomic E-state index is -0.646. The number of unbranched alkanes of at least 4 members (excludes halogenated alkanes) is 2. The van der Waals surface area contributed by atoms with Crippen LogP contribution in [0.2, 0.25) is 0 Å². The molecule has 1 heterocycles. The van der Waals surface area contributed by atoms with Gasteiger partial charge in [-0.1, -0.05) is 25.1 Å². The van der Waals surface area contributed by atoms with Gasteiger partial charge in [0, 0.05) is 13.1 Å². The molecule has 1 fully saturated rings. The van der Waals surface area contributed by atoms with E-state index < -0.39 is 5.97 Å². The van der Waals surface area contributed by atoms with Crippen LogP contribution in [0.3, 0.4) is 0 Å². The molecule has 1 aliphatic rings. The lowest BCUT2D eigenvalue weighted by molar-refractivity contribution is -0.144. The van der Waals surface area contributed by atoms with Crippen molar-refractivity contribution in [1.29, 1.82) is 0 Å². The lowest BCUT2D eigenvalue weighted by Crippen LogP contribution is -2.42. The average molecular weight is 305 g/mol. The Kier molecular flexibility index (Phi) is 6.72. The molecule has 4 nitrogen and oxygen atoms in total. The number of carbonyl (C=O) groups is 1. The molecular formula is C18H27NO3. The number of hydrogen-bond donors (Lipinski definition) is 1. The summed E-state index contributed by atoms with van der Waals surface area (Å²) in [7, 11) is 0. The SMILES string of the molecule is CC1CC(C(=O)O)CN(CCCCCOc2ccccc2)C1. The van der Waals surface area contributed by atoms with E-state index in [4.69, 9.17) is 4.74 Å². The molecule has 0 amide bonds. The molecule has 0 spiro atoms. The lowest BCUT2D eigenvalue weighted by atomic mass is 9.90. The van der Waals surface area contributed by atoms with Crippen LogP contribution < -0.4 is 4.74 Å². The van der Waals surface area contributed by atoms with E-state index >= 15 is 0 Å². The molecule has 0 aliphatic carbocycles. The number of benzene rings is 1. The highest BCUT2D eigenvalue weighted by molar-refractivity contribution is 5.70. The minimum absolute atomic E-state index is 0.190. The Hall–Kier alpha value is -1.55. The van der Waals surface area contributed by atoms with Gasteiger partial charge in [0.25, 0.3) is 0 Å². The summed E-state index contributed by atoms with van der Waals surface area (Å²) in [5.41, 5.74) is 0. The van der Waals surface area contributed by atoms with Crippen molar-refractivity contribution in [2.24, 2.45) is 11.8 Å². The van der Waals surface area contributed by atoms with Gasteiger partial charge >= 0.3 is 5.97 Å². The summed E-state index contributed by atoms with van der Waals surface area (Å²) in [4.78, 5) is 13.5. The summed E-state index contributed by atoms with van der Waals surface area (Å²) in [5, 5.41) is 9.18. The van der Waals surface area contributed by atoms with Gasteiger partial charge in [-0.15, -0.1) is 0 Å². The number of likely N-dealkylation sites (tertiary alicyclic amines) is 1. The van der Waals surface area contributed by atoms with Crippen molar-refractivity contribution in [3.8, 4) is 5.75 Å². The number of piperidine rings is 1. The third-order valence-corrected chi connectivity index (χ3v) is 4.22. The van der Waals surface area contributed by atoms with Crippen LogP contribution in [0.4, 0.5) is 0 Å². The van der Waals surface area contributed by atoms with Crippen LogP contribution in [0.5, 0.6) is 5.75 Å². The fraction of sp³-hybridized carbons (Fsp3) is 0.611. The molecule has 1 aromatic rings. The second-order valence-corrected chi connectivity index (χ2v) is 6.36. The van der Waals surface area contributed by atoms with E-state index in [1.54, 1.807) is 0 Å². The maximum absolute atomic E-state index is 11.2. The normalized spacial score (nSPS) is 22.4. The molecule has 1 N–H and O–H groups in total. The Morgan fingerprint density at radius 3 is 2.73 bits per heavy atom. The first-order valence-corrected chi connectivity index (χ1v) is 8.28. The third kappa shape index (κ3) is 5.68. The number of para-hydroxylation sites is 1. The molecule has 0 saturated carbocycles. The summed E-state index contributed by atoms with van der Waals surface area (Å²) in [6.07, 6.45) is 4.09. The van der Waals surface area contributed by atoms with Crippen molar-refractivity contribution in [2.45, 2.75) is 32.6 Å². The van der Waals surface area contributed by atoms with E-state index in [2.05, 4.69) is 11.8 Å². The second-order valence-electron chi connectivity index (χ2n) is 6.36. The highest BCUT2D eigenvalue weighted by atomic mass is 16.5. The summed E-state index contributed by atoms with van der Waals surface area (Å²) >= 11 is 0. The fourth-order valence-corrected chi connectivity index (χ4v) is 3.14. The minimum Gasteiger partial charge on any atom is -0.494 e. The topological polar surface area (TPSA) is 49.8 Å². The van der Waals surface area contributed by atoms with Crippen LogP contribution >= 0.6 is 0 Å². The van der Waals surface area contributed by atoms with Crippen LogP contribution in [0.15, 0.2) is 30.3 Å². The molecule has 2 atom stereocenters. The van der Waals surface area contributed by atoms with Gasteiger partial charge in [0.15, 0.2) is 0 Å². The van der Waals surface area contributed by atoms with Crippen LogP contribution in [0, 0.1) is 11.8 Å². The van der Waals surface area contributed by atoms with Crippen molar-refractivity contribution in [3.05, 3.63) is 30.3 Å². The first kappa shape index (κ1) is 16.8. The maximum Gasteiger partial charge on any atom is 0.307 e. The highest BCUT2D eigenvalue weighted by Gasteiger charge is 2.28. The zero-order chi connectivity index (χ0) is 15.8.